The highest BCUT2D eigenvalue weighted by molar-refractivity contribution is 5.91. The molecule has 1 unspecified atom stereocenters. The molecule has 1 N–H and O–H groups in total. The van der Waals surface area contributed by atoms with Crippen LogP contribution in [0.4, 0.5) is 0 Å². The van der Waals surface area contributed by atoms with E-state index in [0.29, 0.717) is 24.3 Å². The van der Waals surface area contributed by atoms with Crippen molar-refractivity contribution < 1.29 is 4.79 Å². The Morgan fingerprint density at radius 2 is 1.51 bits per heavy atom. The zero-order valence-electron chi connectivity index (χ0n) is 20.1. The highest BCUT2D eigenvalue weighted by atomic mass is 16.2. The lowest BCUT2D eigenvalue weighted by Gasteiger charge is -2.61. The van der Waals surface area contributed by atoms with E-state index in [1.165, 1.54) is 11.1 Å². The number of piperidine rings is 1. The van der Waals surface area contributed by atoms with Gasteiger partial charge in [0.15, 0.2) is 5.54 Å². The van der Waals surface area contributed by atoms with Crippen LogP contribution in [0.15, 0.2) is 96.0 Å². The van der Waals surface area contributed by atoms with E-state index in [9.17, 15) is 4.79 Å². The fourth-order valence-electron chi connectivity index (χ4n) is 6.85. The number of carbonyl (C=O) groups excluding carboxylic acids is 1. The summed E-state index contributed by atoms with van der Waals surface area (Å²) in [6.45, 7) is 2.42. The molecule has 4 nitrogen and oxygen atoms in total. The predicted octanol–water partition coefficient (Wildman–Crippen LogP) is 4.90. The number of aliphatic imine (C=N–C) groups is 1. The van der Waals surface area contributed by atoms with Gasteiger partial charge in [0, 0.05) is 25.3 Å². The number of benzene rings is 3. The van der Waals surface area contributed by atoms with Gasteiger partial charge in [0.05, 0.1) is 0 Å². The van der Waals surface area contributed by atoms with Crippen LogP contribution in [0.3, 0.4) is 0 Å². The molecule has 178 valence electrons. The summed E-state index contributed by atoms with van der Waals surface area (Å²) in [5.74, 6) is 1.20. The molecular formula is C31H33N3O. The molecule has 4 aliphatic rings. The Hall–Kier alpha value is -3.24. The van der Waals surface area contributed by atoms with E-state index in [-0.39, 0.29) is 11.9 Å². The van der Waals surface area contributed by atoms with Crippen molar-refractivity contribution in [3.63, 3.8) is 0 Å². The van der Waals surface area contributed by atoms with Gasteiger partial charge in [-0.3, -0.25) is 14.7 Å². The van der Waals surface area contributed by atoms with E-state index in [1.807, 2.05) is 18.2 Å². The van der Waals surface area contributed by atoms with Crippen molar-refractivity contribution in [2.24, 2.45) is 22.7 Å². The molecule has 4 heteroatoms. The Bertz CT molecular complexity index is 1180. The molecule has 0 spiro atoms. The van der Waals surface area contributed by atoms with Crippen molar-refractivity contribution in [1.29, 1.82) is 0 Å². The van der Waals surface area contributed by atoms with Gasteiger partial charge in [0.1, 0.15) is 0 Å². The van der Waals surface area contributed by atoms with Crippen LogP contribution >= 0.6 is 0 Å². The molecule has 3 heterocycles. The molecule has 7 rings (SSSR count). The second kappa shape index (κ2) is 9.43. The third-order valence-electron chi connectivity index (χ3n) is 8.43. The fourth-order valence-corrected chi connectivity index (χ4v) is 6.85. The van der Waals surface area contributed by atoms with Gasteiger partial charge in [0.25, 0.3) is 0 Å². The maximum absolute atomic E-state index is 14.1. The topological polar surface area (TPSA) is 44.7 Å². The predicted molar refractivity (Wildman–Crippen MR) is 140 cm³/mol. The Balaban J connectivity index is 1.35. The Morgan fingerprint density at radius 1 is 0.886 bits per heavy atom. The normalized spacial score (nSPS) is 29.1. The van der Waals surface area contributed by atoms with Gasteiger partial charge in [0.2, 0.25) is 5.91 Å². The molecule has 5 atom stereocenters. The van der Waals surface area contributed by atoms with Crippen molar-refractivity contribution in [2.75, 3.05) is 6.54 Å². The maximum Gasteiger partial charge on any atom is 0.250 e. The first kappa shape index (κ1) is 22.2. The van der Waals surface area contributed by atoms with Gasteiger partial charge in [-0.2, -0.15) is 0 Å². The van der Waals surface area contributed by atoms with Crippen molar-refractivity contribution in [3.8, 4) is 0 Å². The van der Waals surface area contributed by atoms with Crippen molar-refractivity contribution in [1.82, 2.24) is 10.2 Å². The average molecular weight is 464 g/mol. The van der Waals surface area contributed by atoms with Crippen molar-refractivity contribution in [3.05, 3.63) is 108 Å². The maximum atomic E-state index is 14.1. The molecule has 3 aromatic carbocycles. The van der Waals surface area contributed by atoms with E-state index in [4.69, 9.17) is 4.99 Å². The quantitative estimate of drug-likeness (QED) is 0.542. The second-order valence-electron chi connectivity index (χ2n) is 10.4. The van der Waals surface area contributed by atoms with E-state index in [0.717, 1.165) is 37.9 Å². The lowest BCUT2D eigenvalue weighted by molar-refractivity contribution is -0.144. The molecule has 1 amide bonds. The lowest BCUT2D eigenvalue weighted by atomic mass is 9.54. The molecule has 3 aromatic rings. The number of hydrogen-bond donors (Lipinski definition) is 1. The smallest absolute Gasteiger partial charge is 0.250 e. The number of amides is 1. The zero-order valence-corrected chi connectivity index (χ0v) is 20.1. The van der Waals surface area contributed by atoms with Crippen LogP contribution < -0.4 is 5.32 Å². The summed E-state index contributed by atoms with van der Waals surface area (Å²) < 4.78 is 0. The van der Waals surface area contributed by atoms with Crippen LogP contribution in [-0.2, 0) is 24.3 Å². The SMILES string of the molecule is O=C(NCc1ccccc1)[C@]12N=CC3C[C@H]1CCN(Cc1ccccc1)[C@H]2[C@@H]3Cc1ccccc1. The summed E-state index contributed by atoms with van der Waals surface area (Å²) in [6, 6.07) is 31.8. The molecular weight excluding hydrogens is 430 g/mol. The third kappa shape index (κ3) is 4.10. The van der Waals surface area contributed by atoms with Gasteiger partial charge >= 0.3 is 0 Å². The van der Waals surface area contributed by atoms with Gasteiger partial charge < -0.3 is 5.32 Å². The number of hydrogen-bond acceptors (Lipinski definition) is 3. The Kier molecular flexibility index (Phi) is 5.99. The van der Waals surface area contributed by atoms with Gasteiger partial charge in [-0.15, -0.1) is 0 Å². The van der Waals surface area contributed by atoms with Crippen LogP contribution in [0.1, 0.15) is 29.5 Å². The summed E-state index contributed by atoms with van der Waals surface area (Å²) in [5.41, 5.74) is 3.06. The second-order valence-corrected chi connectivity index (χ2v) is 10.4. The number of nitrogens with one attached hydrogen (secondary N) is 1. The summed E-state index contributed by atoms with van der Waals surface area (Å²) in [5, 5.41) is 3.30. The van der Waals surface area contributed by atoms with Crippen LogP contribution in [0, 0.1) is 17.8 Å². The molecule has 1 saturated heterocycles. The van der Waals surface area contributed by atoms with Crippen LogP contribution in [0.25, 0.3) is 0 Å². The van der Waals surface area contributed by atoms with Crippen molar-refractivity contribution in [2.45, 2.75) is 43.9 Å². The number of likely N-dealkylation sites (tertiary alicyclic amines) is 1. The number of carbonyl (C=O) groups is 1. The first-order valence-electron chi connectivity index (χ1n) is 12.9. The summed E-state index contributed by atoms with van der Waals surface area (Å²) in [7, 11) is 0. The van der Waals surface area contributed by atoms with Gasteiger partial charge in [-0.25, -0.2) is 0 Å². The zero-order chi connectivity index (χ0) is 23.7. The lowest BCUT2D eigenvalue weighted by Crippen LogP contribution is -2.74. The minimum atomic E-state index is -0.712. The Morgan fingerprint density at radius 3 is 2.20 bits per heavy atom. The molecule has 0 aromatic heterocycles. The molecule has 4 bridgehead atoms. The highest BCUT2D eigenvalue weighted by Crippen LogP contribution is 2.53. The number of nitrogens with zero attached hydrogens (tertiary/aromatic N) is 2. The fraction of sp³-hybridized carbons (Fsp3) is 0.355. The standard InChI is InChI=1S/C31H33N3O/c35-30(32-20-24-12-6-2-7-13-24)31-27-16-17-34(22-25-14-8-3-9-15-25)29(31)28(26(19-27)21-33-31)18-23-10-4-1-5-11-23/h1-15,21,26-29H,16-20,22H2,(H,32,35)/t26?,27-,28-,29+,31+/m1/s1. The third-order valence-corrected chi connectivity index (χ3v) is 8.43. The van der Waals surface area contributed by atoms with Crippen LogP contribution in [0.5, 0.6) is 0 Å². The van der Waals surface area contributed by atoms with Crippen LogP contribution in [0.2, 0.25) is 0 Å². The minimum absolute atomic E-state index is 0.0983. The minimum Gasteiger partial charge on any atom is -0.350 e. The molecule has 0 radical (unpaired) electrons. The van der Waals surface area contributed by atoms with Gasteiger partial charge in [-0.1, -0.05) is 91.0 Å². The molecule has 1 saturated carbocycles. The van der Waals surface area contributed by atoms with E-state index >= 15 is 0 Å². The number of rotatable bonds is 7. The van der Waals surface area contributed by atoms with E-state index in [2.05, 4.69) is 89.2 Å². The first-order valence-corrected chi connectivity index (χ1v) is 12.9. The summed E-state index contributed by atoms with van der Waals surface area (Å²) >= 11 is 0. The monoisotopic (exact) mass is 463 g/mol. The molecule has 3 aliphatic heterocycles. The first-order chi connectivity index (χ1) is 17.2. The van der Waals surface area contributed by atoms with Gasteiger partial charge in [-0.05, 0) is 60.3 Å². The Labute approximate surface area is 208 Å². The van der Waals surface area contributed by atoms with E-state index < -0.39 is 5.54 Å². The summed E-state index contributed by atoms with van der Waals surface area (Å²) in [6.07, 6.45) is 5.20. The van der Waals surface area contributed by atoms with Crippen molar-refractivity contribution >= 4 is 12.1 Å². The average Bonchev–Trinajstić information content (AvgIpc) is 2.92. The molecule has 2 fully saturated rings. The largest absolute Gasteiger partial charge is 0.350 e. The van der Waals surface area contributed by atoms with E-state index in [1.54, 1.807) is 0 Å². The summed E-state index contributed by atoms with van der Waals surface area (Å²) in [4.78, 5) is 21.8. The molecule has 1 aliphatic carbocycles. The molecule has 35 heavy (non-hydrogen) atoms. The highest BCUT2D eigenvalue weighted by Gasteiger charge is 2.64. The van der Waals surface area contributed by atoms with Crippen LogP contribution in [-0.4, -0.2) is 35.1 Å².